The molecule has 0 saturated carbocycles. The van der Waals surface area contributed by atoms with Gasteiger partial charge in [0.15, 0.2) is 5.82 Å². The Kier molecular flexibility index (Phi) is 4.41. The molecule has 1 N–H and O–H groups in total. The molecule has 0 aliphatic heterocycles. The van der Waals surface area contributed by atoms with Gasteiger partial charge in [-0.15, -0.1) is 10.2 Å². The van der Waals surface area contributed by atoms with Gasteiger partial charge in [-0.3, -0.25) is 4.40 Å². The van der Waals surface area contributed by atoms with Crippen molar-refractivity contribution in [2.45, 2.75) is 26.4 Å². The minimum atomic E-state index is -0.0119. The molecule has 0 aliphatic rings. The van der Waals surface area contributed by atoms with E-state index in [2.05, 4.69) is 29.1 Å². The van der Waals surface area contributed by atoms with Gasteiger partial charge in [0.1, 0.15) is 5.65 Å². The van der Waals surface area contributed by atoms with Crippen molar-refractivity contribution in [3.8, 4) is 0 Å². The maximum atomic E-state index is 9.27. The highest BCUT2D eigenvalue weighted by Gasteiger charge is 2.15. The van der Waals surface area contributed by atoms with Crippen LogP contribution in [0.3, 0.4) is 0 Å². The molecule has 0 saturated heterocycles. The monoisotopic (exact) mass is 328 g/mol. The minimum absolute atomic E-state index is 0.0119. The molecule has 3 rings (SSSR count). The molecule has 0 aliphatic carbocycles. The molecular formula is C17H17ClN4O. The molecule has 2 aromatic heterocycles. The highest BCUT2D eigenvalue weighted by atomic mass is 35.5. The van der Waals surface area contributed by atoms with Crippen LogP contribution in [0.25, 0.3) is 5.65 Å². The number of fused-ring (bicyclic) bond motifs is 1. The van der Waals surface area contributed by atoms with E-state index in [4.69, 9.17) is 11.6 Å². The molecule has 0 bridgehead atoms. The standard InChI is InChI=1S/C17H17ClN4O/c1-11(2)16-17(21-20-14-5-3-13(18)4-6-14)22-8-7-12(10-23)9-15(22)19-16/h3-9,11,23H,10H2,1-2H3. The average molecular weight is 329 g/mol. The van der Waals surface area contributed by atoms with Gasteiger partial charge in [0.05, 0.1) is 18.0 Å². The second kappa shape index (κ2) is 6.48. The molecule has 23 heavy (non-hydrogen) atoms. The van der Waals surface area contributed by atoms with E-state index in [9.17, 15) is 5.11 Å². The van der Waals surface area contributed by atoms with Crippen molar-refractivity contribution in [1.29, 1.82) is 0 Å². The van der Waals surface area contributed by atoms with E-state index in [0.29, 0.717) is 10.8 Å². The van der Waals surface area contributed by atoms with Crippen LogP contribution in [0.15, 0.2) is 52.8 Å². The molecular weight excluding hydrogens is 312 g/mol. The van der Waals surface area contributed by atoms with Gasteiger partial charge in [-0.1, -0.05) is 25.4 Å². The Morgan fingerprint density at radius 2 is 1.91 bits per heavy atom. The SMILES string of the molecule is CC(C)c1nc2cc(CO)ccn2c1N=Nc1ccc(Cl)cc1. The first-order chi connectivity index (χ1) is 11.1. The first-order valence-corrected chi connectivity index (χ1v) is 7.75. The third-order valence-corrected chi connectivity index (χ3v) is 3.76. The Morgan fingerprint density at radius 1 is 1.17 bits per heavy atom. The topological polar surface area (TPSA) is 62.2 Å². The molecule has 118 valence electrons. The zero-order valence-corrected chi connectivity index (χ0v) is 13.7. The van der Waals surface area contributed by atoms with Crippen molar-refractivity contribution in [1.82, 2.24) is 9.38 Å². The predicted octanol–water partition coefficient (Wildman–Crippen LogP) is 5.02. The number of imidazole rings is 1. The summed E-state index contributed by atoms with van der Waals surface area (Å²) >= 11 is 5.88. The number of rotatable bonds is 4. The Balaban J connectivity index is 2.07. The summed E-state index contributed by atoms with van der Waals surface area (Å²) in [5, 5.41) is 18.6. The van der Waals surface area contributed by atoms with Crippen molar-refractivity contribution in [2.75, 3.05) is 0 Å². The van der Waals surface area contributed by atoms with Crippen LogP contribution in [0, 0.1) is 0 Å². The molecule has 0 atom stereocenters. The lowest BCUT2D eigenvalue weighted by Gasteiger charge is -2.02. The number of aliphatic hydroxyl groups is 1. The van der Waals surface area contributed by atoms with Gasteiger partial charge in [0, 0.05) is 11.2 Å². The van der Waals surface area contributed by atoms with Crippen LogP contribution in [-0.4, -0.2) is 14.5 Å². The number of azo groups is 1. The maximum Gasteiger partial charge on any atom is 0.183 e. The summed E-state index contributed by atoms with van der Waals surface area (Å²) < 4.78 is 1.88. The fraction of sp³-hybridized carbons (Fsp3) is 0.235. The molecule has 0 radical (unpaired) electrons. The molecule has 6 heteroatoms. The summed E-state index contributed by atoms with van der Waals surface area (Å²) in [6.45, 7) is 4.12. The highest BCUT2D eigenvalue weighted by Crippen LogP contribution is 2.30. The van der Waals surface area contributed by atoms with Gasteiger partial charge in [-0.25, -0.2) is 4.98 Å². The van der Waals surface area contributed by atoms with E-state index in [-0.39, 0.29) is 12.5 Å². The molecule has 5 nitrogen and oxygen atoms in total. The van der Waals surface area contributed by atoms with Crippen LogP contribution in [0.2, 0.25) is 5.02 Å². The van der Waals surface area contributed by atoms with E-state index in [1.165, 1.54) is 0 Å². The summed E-state index contributed by atoms with van der Waals surface area (Å²) in [6, 6.07) is 10.9. The lowest BCUT2D eigenvalue weighted by Crippen LogP contribution is -1.88. The van der Waals surface area contributed by atoms with Crippen LogP contribution < -0.4 is 0 Å². The number of hydrogen-bond donors (Lipinski definition) is 1. The van der Waals surface area contributed by atoms with E-state index < -0.39 is 0 Å². The van der Waals surface area contributed by atoms with Crippen molar-refractivity contribution in [3.05, 3.63) is 58.9 Å². The number of halogens is 1. The van der Waals surface area contributed by atoms with Gasteiger partial charge < -0.3 is 5.11 Å². The van der Waals surface area contributed by atoms with Crippen molar-refractivity contribution >= 4 is 28.8 Å². The summed E-state index contributed by atoms with van der Waals surface area (Å²) in [5.74, 6) is 0.918. The lowest BCUT2D eigenvalue weighted by molar-refractivity contribution is 0.282. The lowest BCUT2D eigenvalue weighted by atomic mass is 10.1. The van der Waals surface area contributed by atoms with Crippen LogP contribution in [0.4, 0.5) is 11.5 Å². The molecule has 0 spiro atoms. The van der Waals surface area contributed by atoms with Gasteiger partial charge in [-0.2, -0.15) is 0 Å². The third-order valence-electron chi connectivity index (χ3n) is 3.51. The third kappa shape index (κ3) is 3.25. The smallest absolute Gasteiger partial charge is 0.183 e. The zero-order valence-electron chi connectivity index (χ0n) is 12.9. The highest BCUT2D eigenvalue weighted by molar-refractivity contribution is 6.30. The predicted molar refractivity (Wildman–Crippen MR) is 90.8 cm³/mol. The van der Waals surface area contributed by atoms with Gasteiger partial charge in [0.25, 0.3) is 0 Å². The van der Waals surface area contributed by atoms with Crippen molar-refractivity contribution < 1.29 is 5.11 Å². The summed E-state index contributed by atoms with van der Waals surface area (Å²) in [6.07, 6.45) is 1.86. The van der Waals surface area contributed by atoms with Crippen molar-refractivity contribution in [2.24, 2.45) is 10.2 Å². The number of hydrogen-bond acceptors (Lipinski definition) is 4. The number of pyridine rings is 1. The van der Waals surface area contributed by atoms with E-state index >= 15 is 0 Å². The second-order valence-electron chi connectivity index (χ2n) is 5.57. The summed E-state index contributed by atoms with van der Waals surface area (Å²) in [4.78, 5) is 4.62. The Hall–Kier alpha value is -2.24. The molecule has 0 unspecified atom stereocenters. The van der Waals surface area contributed by atoms with Crippen LogP contribution in [0.1, 0.15) is 31.0 Å². The number of aromatic nitrogens is 2. The van der Waals surface area contributed by atoms with Gasteiger partial charge in [-0.05, 0) is 47.9 Å². The van der Waals surface area contributed by atoms with E-state index in [1.807, 2.05) is 34.9 Å². The molecule has 0 amide bonds. The van der Waals surface area contributed by atoms with Gasteiger partial charge >= 0.3 is 0 Å². The fourth-order valence-electron chi connectivity index (χ4n) is 2.29. The Morgan fingerprint density at radius 3 is 2.57 bits per heavy atom. The van der Waals surface area contributed by atoms with Crippen molar-refractivity contribution in [3.63, 3.8) is 0 Å². The van der Waals surface area contributed by atoms with Gasteiger partial charge in [0.2, 0.25) is 0 Å². The molecule has 1 aromatic carbocycles. The second-order valence-corrected chi connectivity index (χ2v) is 6.01. The largest absolute Gasteiger partial charge is 0.392 e. The van der Waals surface area contributed by atoms with Crippen LogP contribution in [0.5, 0.6) is 0 Å². The quantitative estimate of drug-likeness (QED) is 0.683. The number of aliphatic hydroxyl groups excluding tert-OH is 1. The van der Waals surface area contributed by atoms with Crippen LogP contribution >= 0.6 is 11.6 Å². The Bertz CT molecular complexity index is 853. The van der Waals surface area contributed by atoms with E-state index in [1.54, 1.807) is 12.1 Å². The first-order valence-electron chi connectivity index (χ1n) is 7.37. The van der Waals surface area contributed by atoms with E-state index in [0.717, 1.165) is 22.6 Å². The minimum Gasteiger partial charge on any atom is -0.392 e. The molecule has 2 heterocycles. The molecule has 3 aromatic rings. The summed E-state index contributed by atoms with van der Waals surface area (Å²) in [7, 11) is 0. The first kappa shape index (κ1) is 15.6. The molecule has 0 fully saturated rings. The Labute approximate surface area is 139 Å². The maximum absolute atomic E-state index is 9.27. The number of nitrogens with zero attached hydrogens (tertiary/aromatic N) is 4. The number of benzene rings is 1. The van der Waals surface area contributed by atoms with Crippen LogP contribution in [-0.2, 0) is 6.61 Å². The normalized spacial score (nSPS) is 11.9. The zero-order chi connectivity index (χ0) is 16.4. The average Bonchev–Trinajstić information content (AvgIpc) is 2.92. The summed E-state index contributed by atoms with van der Waals surface area (Å²) in [5.41, 5.74) is 3.17. The fourth-order valence-corrected chi connectivity index (χ4v) is 2.42.